The van der Waals surface area contributed by atoms with Gasteiger partial charge < -0.3 is 15.1 Å². The zero-order valence-corrected chi connectivity index (χ0v) is 21.7. The van der Waals surface area contributed by atoms with Crippen molar-refractivity contribution in [2.75, 3.05) is 24.7 Å². The van der Waals surface area contributed by atoms with Gasteiger partial charge in [0.05, 0.1) is 17.0 Å². The van der Waals surface area contributed by atoms with Crippen LogP contribution in [-0.2, 0) is 6.18 Å². The lowest BCUT2D eigenvalue weighted by Crippen LogP contribution is -2.41. The number of alkyl halides is 3. The molecule has 39 heavy (non-hydrogen) atoms. The van der Waals surface area contributed by atoms with Crippen molar-refractivity contribution in [1.29, 1.82) is 0 Å². The Labute approximate surface area is 225 Å². The Hall–Kier alpha value is -3.74. The zero-order chi connectivity index (χ0) is 28.2. The molecule has 0 spiro atoms. The molecule has 0 bridgehead atoms. The monoisotopic (exact) mass is 565 g/mol. The highest BCUT2D eigenvalue weighted by Crippen LogP contribution is 2.33. The molecule has 1 aromatic heterocycles. The van der Waals surface area contributed by atoms with Crippen LogP contribution in [0.25, 0.3) is 0 Å². The zero-order valence-electron chi connectivity index (χ0n) is 20.9. The normalized spacial score (nSPS) is 14.8. The molecule has 0 saturated carbocycles. The van der Waals surface area contributed by atoms with E-state index in [0.29, 0.717) is 48.1 Å². The summed E-state index contributed by atoms with van der Waals surface area (Å²) in [4.78, 5) is 28.3. The lowest BCUT2D eigenvalue weighted by molar-refractivity contribution is -0.137. The Morgan fingerprint density at radius 3 is 2.44 bits per heavy atom. The fourth-order valence-electron chi connectivity index (χ4n) is 4.13. The van der Waals surface area contributed by atoms with Gasteiger partial charge in [-0.05, 0) is 56.4 Å². The quantitative estimate of drug-likeness (QED) is 0.118. The number of hydrogen-bond donors (Lipinski definition) is 1. The fraction of sp³-hybridized carbons (Fsp3) is 0.308. The average molecular weight is 566 g/mol. The number of thioether (sulfide) groups is 1. The lowest BCUT2D eigenvalue weighted by Gasteiger charge is -2.32. The third-order valence-corrected chi connectivity index (χ3v) is 6.74. The number of benzene rings is 2. The molecular formula is C26H24F5N5O2S. The number of aromatic nitrogens is 2. The number of urea groups is 1. The van der Waals surface area contributed by atoms with E-state index in [-0.39, 0.29) is 11.7 Å². The number of carbonyl (C=O) groups is 1. The molecule has 2 heterocycles. The number of oxime groups is 1. The molecule has 0 radical (unpaired) electrons. The summed E-state index contributed by atoms with van der Waals surface area (Å²) in [6.07, 6.45) is -0.0880. The smallest absolute Gasteiger partial charge is 0.357 e. The highest BCUT2D eigenvalue weighted by atomic mass is 32.2. The second-order valence-corrected chi connectivity index (χ2v) is 9.51. The number of rotatable bonds is 6. The van der Waals surface area contributed by atoms with E-state index < -0.39 is 35.1 Å². The highest BCUT2D eigenvalue weighted by Gasteiger charge is 2.31. The molecule has 1 aliphatic rings. The predicted octanol–water partition coefficient (Wildman–Crippen LogP) is 6.71. The first kappa shape index (κ1) is 28.3. The van der Waals surface area contributed by atoms with Crippen molar-refractivity contribution in [3.05, 3.63) is 77.1 Å². The molecule has 13 heteroatoms. The van der Waals surface area contributed by atoms with Gasteiger partial charge >= 0.3 is 12.2 Å². The molecule has 1 saturated heterocycles. The van der Waals surface area contributed by atoms with Gasteiger partial charge in [-0.2, -0.15) is 13.2 Å². The van der Waals surface area contributed by atoms with Crippen LogP contribution in [0, 0.1) is 11.6 Å². The summed E-state index contributed by atoms with van der Waals surface area (Å²) in [7, 11) is 0. The van der Waals surface area contributed by atoms with Crippen LogP contribution in [0.5, 0.6) is 5.75 Å². The molecule has 0 atom stereocenters. The van der Waals surface area contributed by atoms with Gasteiger partial charge in [-0.3, -0.25) is 0 Å². The second-order valence-electron chi connectivity index (χ2n) is 8.74. The molecule has 1 aliphatic heterocycles. The van der Waals surface area contributed by atoms with Crippen molar-refractivity contribution in [1.82, 2.24) is 14.9 Å². The number of para-hydroxylation sites is 1. The fourth-order valence-corrected chi connectivity index (χ4v) is 4.47. The van der Waals surface area contributed by atoms with Gasteiger partial charge in [0.15, 0.2) is 10.9 Å². The summed E-state index contributed by atoms with van der Waals surface area (Å²) >= 11 is 1.35. The molecule has 4 rings (SSSR count). The maximum atomic E-state index is 13.9. The van der Waals surface area contributed by atoms with Crippen LogP contribution in [0.4, 0.5) is 32.4 Å². The predicted molar refractivity (Wildman–Crippen MR) is 137 cm³/mol. The van der Waals surface area contributed by atoms with Gasteiger partial charge in [0.1, 0.15) is 17.3 Å². The minimum atomic E-state index is -4.51. The molecule has 3 aromatic rings. The average Bonchev–Trinajstić information content (AvgIpc) is 2.93. The second kappa shape index (κ2) is 12.0. The van der Waals surface area contributed by atoms with Crippen LogP contribution in [-0.4, -0.2) is 46.0 Å². The SMILES string of the molecule is CSc1ncc(/C(C)=N/Oc2cccc(C(F)(F)F)c2)c(C2CCN(C(=O)Nc3c(F)cccc3F)CC2)n1. The minimum Gasteiger partial charge on any atom is -0.357 e. The van der Waals surface area contributed by atoms with Gasteiger partial charge in [0, 0.05) is 30.8 Å². The van der Waals surface area contributed by atoms with Crippen molar-refractivity contribution in [3.8, 4) is 5.75 Å². The Kier molecular flexibility index (Phi) is 8.68. The molecule has 7 nitrogen and oxygen atoms in total. The van der Waals surface area contributed by atoms with Crippen molar-refractivity contribution in [2.45, 2.75) is 37.0 Å². The maximum absolute atomic E-state index is 13.9. The highest BCUT2D eigenvalue weighted by molar-refractivity contribution is 7.98. The molecule has 206 valence electrons. The number of anilines is 1. The van der Waals surface area contributed by atoms with E-state index in [1.807, 2.05) is 6.26 Å². The minimum absolute atomic E-state index is 0.0713. The van der Waals surface area contributed by atoms with Crippen LogP contribution in [0.1, 0.15) is 42.5 Å². The summed E-state index contributed by atoms with van der Waals surface area (Å²) < 4.78 is 66.9. The van der Waals surface area contributed by atoms with Gasteiger partial charge in [0.25, 0.3) is 0 Å². The van der Waals surface area contributed by atoms with Gasteiger partial charge in [-0.15, -0.1) is 0 Å². The van der Waals surface area contributed by atoms with Crippen molar-refractivity contribution >= 4 is 29.2 Å². The summed E-state index contributed by atoms with van der Waals surface area (Å²) in [6, 6.07) is 7.12. The summed E-state index contributed by atoms with van der Waals surface area (Å²) in [6.45, 7) is 2.25. The van der Waals surface area contributed by atoms with Crippen LogP contribution >= 0.6 is 11.8 Å². The van der Waals surface area contributed by atoms with E-state index >= 15 is 0 Å². The van der Waals surface area contributed by atoms with Gasteiger partial charge in [-0.1, -0.05) is 29.1 Å². The first-order valence-electron chi connectivity index (χ1n) is 11.9. The first-order chi connectivity index (χ1) is 18.6. The summed E-state index contributed by atoms with van der Waals surface area (Å²) in [5.41, 5.74) is 0.250. The number of piperidine rings is 1. The van der Waals surface area contributed by atoms with Crippen LogP contribution < -0.4 is 10.2 Å². The molecular weight excluding hydrogens is 541 g/mol. The van der Waals surface area contributed by atoms with E-state index in [9.17, 15) is 26.7 Å². The largest absolute Gasteiger partial charge is 0.416 e. The molecule has 0 aliphatic carbocycles. The van der Waals surface area contributed by atoms with Crippen LogP contribution in [0.3, 0.4) is 0 Å². The first-order valence-corrected chi connectivity index (χ1v) is 13.1. The van der Waals surface area contributed by atoms with E-state index in [1.54, 1.807) is 13.1 Å². The maximum Gasteiger partial charge on any atom is 0.416 e. The lowest BCUT2D eigenvalue weighted by atomic mass is 9.90. The Morgan fingerprint density at radius 1 is 1.13 bits per heavy atom. The third-order valence-electron chi connectivity index (χ3n) is 6.18. The van der Waals surface area contributed by atoms with Gasteiger partial charge in [-0.25, -0.2) is 23.5 Å². The Balaban J connectivity index is 1.48. The van der Waals surface area contributed by atoms with Crippen molar-refractivity contribution < 1.29 is 31.6 Å². The number of likely N-dealkylation sites (tertiary alicyclic amines) is 1. The molecule has 0 unspecified atom stereocenters. The molecule has 2 aromatic carbocycles. The van der Waals surface area contributed by atoms with Crippen LogP contribution in [0.15, 0.2) is 59.0 Å². The number of nitrogens with zero attached hydrogens (tertiary/aromatic N) is 4. The summed E-state index contributed by atoms with van der Waals surface area (Å²) in [5, 5.41) is 6.84. The molecule has 1 fully saturated rings. The number of nitrogens with one attached hydrogen (secondary N) is 1. The standard InChI is InChI=1S/C26H24F5N5O2S/c1-15(35-38-18-6-3-5-17(13-18)26(29,30)31)19-14-32-24(39-2)33-22(19)16-9-11-36(12-10-16)25(37)34-23-20(27)7-4-8-21(23)28/h3-8,13-14,16H,9-12H2,1-2H3,(H,34,37)/b35-15+. The van der Waals surface area contributed by atoms with Crippen LogP contribution in [0.2, 0.25) is 0 Å². The van der Waals surface area contributed by atoms with Gasteiger partial charge in [0.2, 0.25) is 0 Å². The third kappa shape index (κ3) is 6.83. The Morgan fingerprint density at radius 2 is 1.79 bits per heavy atom. The van der Waals surface area contributed by atoms with E-state index in [0.717, 1.165) is 24.3 Å². The number of amides is 2. The molecule has 2 amide bonds. The Bertz CT molecular complexity index is 1360. The van der Waals surface area contributed by atoms with E-state index in [1.165, 1.54) is 34.9 Å². The molecule has 1 N–H and O–H groups in total. The topological polar surface area (TPSA) is 79.7 Å². The number of carbonyl (C=O) groups excluding carboxylic acids is 1. The van der Waals surface area contributed by atoms with Crippen molar-refractivity contribution in [2.24, 2.45) is 5.16 Å². The summed E-state index contributed by atoms with van der Waals surface area (Å²) in [5.74, 6) is -1.90. The number of hydrogen-bond acceptors (Lipinski definition) is 6. The number of halogens is 5. The van der Waals surface area contributed by atoms with Crippen molar-refractivity contribution in [3.63, 3.8) is 0 Å². The van der Waals surface area contributed by atoms with E-state index in [4.69, 9.17) is 4.84 Å². The van der Waals surface area contributed by atoms with E-state index in [2.05, 4.69) is 20.4 Å².